The fourth-order valence-corrected chi connectivity index (χ4v) is 8.20. The molecule has 0 bridgehead atoms. The third-order valence-corrected chi connectivity index (χ3v) is 10.8. The molecule has 0 spiro atoms. The highest BCUT2D eigenvalue weighted by Gasteiger charge is 2.24. The Balaban J connectivity index is 1.06. The van der Waals surface area contributed by atoms with E-state index in [1.807, 2.05) is 12.1 Å². The lowest BCUT2D eigenvalue weighted by molar-refractivity contribution is 0.569. The molecule has 4 nitrogen and oxygen atoms in total. The molecule has 52 heavy (non-hydrogen) atoms. The first kappa shape index (κ1) is 29.1. The highest BCUT2D eigenvalue weighted by atomic mass is 16.3. The number of hydrogen-bond acceptors (Lipinski definition) is 4. The van der Waals surface area contributed by atoms with Gasteiger partial charge in [-0.25, -0.2) is 0 Å². The summed E-state index contributed by atoms with van der Waals surface area (Å²) in [6.45, 7) is 0. The Morgan fingerprint density at radius 1 is 0.577 bits per heavy atom. The Bertz CT molecular complexity index is 3140. The molecule has 7 aromatic carbocycles. The minimum Gasteiger partial charge on any atom is -0.456 e. The van der Waals surface area contributed by atoms with Crippen LogP contribution in [0.25, 0.3) is 72.7 Å². The van der Waals surface area contributed by atoms with Gasteiger partial charge in [-0.2, -0.15) is 0 Å². The zero-order valence-electron chi connectivity index (χ0n) is 28.2. The largest absolute Gasteiger partial charge is 0.456 e. The Morgan fingerprint density at radius 3 is 2.23 bits per heavy atom. The van der Waals surface area contributed by atoms with Crippen molar-refractivity contribution in [3.63, 3.8) is 0 Å². The van der Waals surface area contributed by atoms with E-state index in [1.165, 1.54) is 21.6 Å². The van der Waals surface area contributed by atoms with Crippen molar-refractivity contribution in [1.82, 2.24) is 5.32 Å². The molecule has 2 atom stereocenters. The van der Waals surface area contributed by atoms with Crippen molar-refractivity contribution in [2.75, 3.05) is 0 Å². The van der Waals surface area contributed by atoms with Crippen LogP contribution in [0.1, 0.15) is 35.2 Å². The first-order valence-corrected chi connectivity index (χ1v) is 17.9. The van der Waals surface area contributed by atoms with Crippen LogP contribution in [0.15, 0.2) is 165 Å². The Morgan fingerprint density at radius 2 is 1.35 bits per heavy atom. The van der Waals surface area contributed by atoms with Gasteiger partial charge in [0, 0.05) is 38.1 Å². The number of fused-ring (bicyclic) bond motifs is 8. The van der Waals surface area contributed by atoms with E-state index in [0.717, 1.165) is 83.3 Å². The lowest BCUT2D eigenvalue weighted by atomic mass is 9.90. The number of nitrogens with zero attached hydrogens (tertiary/aromatic N) is 1. The molecule has 246 valence electrons. The number of furan rings is 2. The van der Waals surface area contributed by atoms with Crippen molar-refractivity contribution in [3.05, 3.63) is 190 Å². The molecule has 0 saturated carbocycles. The summed E-state index contributed by atoms with van der Waals surface area (Å²) in [4.78, 5) is 5.30. The summed E-state index contributed by atoms with van der Waals surface area (Å²) in [5, 5.41) is 12.8. The van der Waals surface area contributed by atoms with Gasteiger partial charge in [0.05, 0.1) is 11.1 Å². The highest BCUT2D eigenvalue weighted by Crippen LogP contribution is 2.40. The lowest BCUT2D eigenvalue weighted by Crippen LogP contribution is -2.39. The van der Waals surface area contributed by atoms with E-state index in [1.54, 1.807) is 0 Å². The summed E-state index contributed by atoms with van der Waals surface area (Å²) in [6.07, 6.45) is 5.20. The van der Waals surface area contributed by atoms with Gasteiger partial charge in [0.2, 0.25) is 0 Å². The van der Waals surface area contributed by atoms with Gasteiger partial charge in [-0.15, -0.1) is 0 Å². The third-order valence-electron chi connectivity index (χ3n) is 10.8. The van der Waals surface area contributed by atoms with Crippen LogP contribution in [-0.2, 0) is 0 Å². The van der Waals surface area contributed by atoms with Crippen LogP contribution < -0.4 is 26.5 Å². The summed E-state index contributed by atoms with van der Waals surface area (Å²) in [5.41, 5.74) is 10.4. The van der Waals surface area contributed by atoms with Crippen molar-refractivity contribution in [1.29, 1.82) is 0 Å². The molecule has 1 N–H and O–H groups in total. The van der Waals surface area contributed by atoms with Gasteiger partial charge >= 0.3 is 0 Å². The Kier molecular flexibility index (Phi) is 6.41. The van der Waals surface area contributed by atoms with E-state index >= 15 is 0 Å². The number of nitrogens with one attached hydrogen (secondary N) is 1. The number of rotatable bonds is 4. The second kappa shape index (κ2) is 11.4. The van der Waals surface area contributed by atoms with E-state index in [-0.39, 0.29) is 12.1 Å². The summed E-state index contributed by atoms with van der Waals surface area (Å²) >= 11 is 0. The first-order chi connectivity index (χ1) is 25.7. The Hall–Kier alpha value is -6.65. The minimum absolute atomic E-state index is 0.253. The highest BCUT2D eigenvalue weighted by molar-refractivity contribution is 6.12. The van der Waals surface area contributed by atoms with Crippen LogP contribution in [0, 0.1) is 0 Å². The molecule has 2 unspecified atom stereocenters. The SMILES string of the molecule is C1=c2oc3ccccc3c2=CCC1c1ccc(-c2cc(C3N=c4ccccc4=C(c4ccccc4)N3)c3oc4cc5ccccc5cc4c3c2)cc1. The van der Waals surface area contributed by atoms with Crippen molar-refractivity contribution in [3.8, 4) is 11.1 Å². The van der Waals surface area contributed by atoms with Crippen LogP contribution in [0.3, 0.4) is 0 Å². The zero-order chi connectivity index (χ0) is 34.2. The molecule has 0 saturated heterocycles. The average molecular weight is 669 g/mol. The maximum absolute atomic E-state index is 6.79. The van der Waals surface area contributed by atoms with Gasteiger partial charge in [-0.3, -0.25) is 4.99 Å². The molecule has 1 aliphatic carbocycles. The second-order valence-electron chi connectivity index (χ2n) is 13.9. The van der Waals surface area contributed by atoms with E-state index in [4.69, 9.17) is 13.8 Å². The van der Waals surface area contributed by atoms with Gasteiger partial charge in [-0.05, 0) is 81.9 Å². The topological polar surface area (TPSA) is 50.7 Å². The smallest absolute Gasteiger partial charge is 0.149 e. The summed E-state index contributed by atoms with van der Waals surface area (Å²) < 4.78 is 13.0. The molecular formula is C48H32N2O2. The number of benzene rings is 7. The van der Waals surface area contributed by atoms with Crippen molar-refractivity contribution < 1.29 is 8.83 Å². The summed E-state index contributed by atoms with van der Waals surface area (Å²) in [5.74, 6) is 0.253. The maximum atomic E-state index is 6.79. The van der Waals surface area contributed by atoms with Gasteiger partial charge in [0.25, 0.3) is 0 Å². The predicted molar refractivity (Wildman–Crippen MR) is 210 cm³/mol. The van der Waals surface area contributed by atoms with Crippen molar-refractivity contribution in [2.24, 2.45) is 4.99 Å². The van der Waals surface area contributed by atoms with Crippen molar-refractivity contribution in [2.45, 2.75) is 18.5 Å². The zero-order valence-corrected chi connectivity index (χ0v) is 28.2. The van der Waals surface area contributed by atoms with Crippen LogP contribution in [0.5, 0.6) is 0 Å². The van der Waals surface area contributed by atoms with Gasteiger partial charge in [0.15, 0.2) is 0 Å². The molecule has 11 rings (SSSR count). The van der Waals surface area contributed by atoms with E-state index in [2.05, 4.69) is 157 Å². The molecular weight excluding hydrogens is 637 g/mol. The lowest BCUT2D eigenvalue weighted by Gasteiger charge is -2.23. The van der Waals surface area contributed by atoms with Gasteiger partial charge in [-0.1, -0.05) is 121 Å². The molecule has 0 amide bonds. The normalized spacial score (nSPS) is 16.6. The monoisotopic (exact) mass is 668 g/mol. The predicted octanol–water partition coefficient (Wildman–Crippen LogP) is 8.98. The molecule has 4 heteroatoms. The maximum Gasteiger partial charge on any atom is 0.149 e. The fourth-order valence-electron chi connectivity index (χ4n) is 8.20. The minimum atomic E-state index is -0.354. The van der Waals surface area contributed by atoms with Crippen LogP contribution in [0.4, 0.5) is 0 Å². The van der Waals surface area contributed by atoms with E-state index in [9.17, 15) is 0 Å². The summed E-state index contributed by atoms with van der Waals surface area (Å²) in [7, 11) is 0. The third kappa shape index (κ3) is 4.65. The van der Waals surface area contributed by atoms with Crippen LogP contribution >= 0.6 is 0 Å². The number of para-hydroxylation sites is 2. The second-order valence-corrected chi connectivity index (χ2v) is 13.9. The van der Waals surface area contributed by atoms with Gasteiger partial charge < -0.3 is 14.2 Å². The van der Waals surface area contributed by atoms with Crippen molar-refractivity contribution >= 4 is 61.5 Å². The van der Waals surface area contributed by atoms with E-state index in [0.29, 0.717) is 0 Å². The van der Waals surface area contributed by atoms with E-state index < -0.39 is 0 Å². The number of hydrogen-bond donors (Lipinski definition) is 1. The Labute approximate surface area is 299 Å². The first-order valence-electron chi connectivity index (χ1n) is 17.9. The quantitative estimate of drug-likeness (QED) is 0.204. The molecule has 0 radical (unpaired) electrons. The standard InChI is InChI=1S/C48H32N2O2/c1-2-10-31(11-3-1)46-38-15-6-8-16-42(38)49-48(50-46)41-26-35(25-40-39-24-32-12-4-5-13-33(32)27-45(39)52-47(40)41)30-20-18-29(19-21-30)34-22-23-37-36-14-7-9-17-43(36)51-44(37)28-34/h1-21,23-28,34,48,50H,22H2. The molecule has 3 heterocycles. The molecule has 1 aliphatic heterocycles. The molecule has 9 aromatic rings. The molecule has 0 fully saturated rings. The fraction of sp³-hybridized carbons (Fsp3) is 0.0625. The average Bonchev–Trinajstić information content (AvgIpc) is 3.77. The summed E-state index contributed by atoms with van der Waals surface area (Å²) in [6, 6.07) is 53.7. The van der Waals surface area contributed by atoms with Crippen LogP contribution in [0.2, 0.25) is 0 Å². The van der Waals surface area contributed by atoms with Gasteiger partial charge in [0.1, 0.15) is 28.3 Å². The molecule has 2 aliphatic rings. The van der Waals surface area contributed by atoms with Crippen LogP contribution in [-0.4, -0.2) is 0 Å². The molecule has 2 aromatic heterocycles.